The van der Waals surface area contributed by atoms with Crippen LogP contribution in [0.4, 0.5) is 5.69 Å². The van der Waals surface area contributed by atoms with Crippen LogP contribution in [0.1, 0.15) is 17.8 Å². The fourth-order valence-corrected chi connectivity index (χ4v) is 4.25. The SMILES string of the molecule is COc1ccc(NC(=O)CCc2nnc3n(Cc4ccccc4)c(=O)c4ccccc4n23)cc1OC. The van der Waals surface area contributed by atoms with Crippen LogP contribution in [0.3, 0.4) is 0 Å². The fraction of sp³-hybridized carbons (Fsp3) is 0.185. The number of anilines is 1. The van der Waals surface area contributed by atoms with Gasteiger partial charge in [-0.15, -0.1) is 10.2 Å². The number of ether oxygens (including phenoxy) is 2. The van der Waals surface area contributed by atoms with Gasteiger partial charge >= 0.3 is 0 Å². The molecule has 0 bridgehead atoms. The minimum Gasteiger partial charge on any atom is -0.493 e. The second-order valence-electron chi connectivity index (χ2n) is 8.26. The number of hydrogen-bond donors (Lipinski definition) is 1. The Morgan fingerprint density at radius 1 is 0.917 bits per heavy atom. The van der Waals surface area contributed by atoms with Crippen molar-refractivity contribution < 1.29 is 14.3 Å². The van der Waals surface area contributed by atoms with Gasteiger partial charge < -0.3 is 14.8 Å². The molecular weight excluding hydrogens is 458 g/mol. The number of para-hydroxylation sites is 1. The first-order valence-electron chi connectivity index (χ1n) is 11.5. The van der Waals surface area contributed by atoms with Crippen molar-refractivity contribution >= 4 is 28.3 Å². The Hall–Kier alpha value is -4.66. The molecule has 0 saturated carbocycles. The van der Waals surface area contributed by atoms with E-state index in [-0.39, 0.29) is 17.9 Å². The first-order chi connectivity index (χ1) is 17.6. The lowest BCUT2D eigenvalue weighted by atomic mass is 10.2. The van der Waals surface area contributed by atoms with E-state index >= 15 is 0 Å². The molecule has 2 aromatic heterocycles. The number of aryl methyl sites for hydroxylation is 1. The zero-order chi connectivity index (χ0) is 25.1. The van der Waals surface area contributed by atoms with E-state index in [1.807, 2.05) is 52.9 Å². The second-order valence-corrected chi connectivity index (χ2v) is 8.26. The Labute approximate surface area is 206 Å². The van der Waals surface area contributed by atoms with E-state index in [9.17, 15) is 9.59 Å². The lowest BCUT2D eigenvalue weighted by Gasteiger charge is -2.12. The summed E-state index contributed by atoms with van der Waals surface area (Å²) in [6.07, 6.45) is 0.523. The van der Waals surface area contributed by atoms with E-state index < -0.39 is 0 Å². The molecular formula is C27H25N5O4. The maximum Gasteiger partial charge on any atom is 0.263 e. The van der Waals surface area contributed by atoms with E-state index in [4.69, 9.17) is 9.47 Å². The van der Waals surface area contributed by atoms with Crippen LogP contribution < -0.4 is 20.3 Å². The van der Waals surface area contributed by atoms with Gasteiger partial charge in [0, 0.05) is 24.6 Å². The highest BCUT2D eigenvalue weighted by Gasteiger charge is 2.17. The quantitative estimate of drug-likeness (QED) is 0.361. The molecule has 0 atom stereocenters. The number of rotatable bonds is 8. The average Bonchev–Trinajstić information content (AvgIpc) is 3.34. The molecule has 2 heterocycles. The number of nitrogens with one attached hydrogen (secondary N) is 1. The monoisotopic (exact) mass is 483 g/mol. The lowest BCUT2D eigenvalue weighted by Crippen LogP contribution is -2.24. The smallest absolute Gasteiger partial charge is 0.263 e. The molecule has 0 radical (unpaired) electrons. The molecule has 5 aromatic rings. The van der Waals surface area contributed by atoms with Gasteiger partial charge in [0.1, 0.15) is 5.82 Å². The molecule has 0 aliphatic carbocycles. The van der Waals surface area contributed by atoms with Crippen molar-refractivity contribution in [3.63, 3.8) is 0 Å². The number of carbonyl (C=O) groups is 1. The topological polar surface area (TPSA) is 99.7 Å². The molecule has 0 aliphatic rings. The Morgan fingerprint density at radius 2 is 1.67 bits per heavy atom. The minimum atomic E-state index is -0.180. The van der Waals surface area contributed by atoms with Gasteiger partial charge in [0.2, 0.25) is 11.7 Å². The van der Waals surface area contributed by atoms with E-state index in [0.717, 1.165) is 5.56 Å². The van der Waals surface area contributed by atoms with Gasteiger partial charge in [-0.2, -0.15) is 0 Å². The minimum absolute atomic E-state index is 0.132. The molecule has 182 valence electrons. The zero-order valence-corrected chi connectivity index (χ0v) is 20.0. The summed E-state index contributed by atoms with van der Waals surface area (Å²) in [5.41, 5.74) is 2.16. The van der Waals surface area contributed by atoms with Crippen LogP contribution in [0, 0.1) is 0 Å². The van der Waals surface area contributed by atoms with Crippen molar-refractivity contribution in [2.75, 3.05) is 19.5 Å². The van der Waals surface area contributed by atoms with Gasteiger partial charge in [-0.3, -0.25) is 18.6 Å². The van der Waals surface area contributed by atoms with E-state index in [0.29, 0.717) is 52.7 Å². The standard InChI is InChI=1S/C27H25N5O4/c1-35-22-13-12-19(16-23(22)36-2)28-25(33)15-14-24-29-30-27-31(17-18-8-4-3-5-9-18)26(34)20-10-6-7-11-21(20)32(24)27/h3-13,16H,14-15,17H2,1-2H3,(H,28,33). The molecule has 0 unspecified atom stereocenters. The summed E-state index contributed by atoms with van der Waals surface area (Å²) < 4.78 is 14.0. The third-order valence-electron chi connectivity index (χ3n) is 6.00. The molecule has 1 N–H and O–H groups in total. The van der Waals surface area contributed by atoms with Gasteiger partial charge in [-0.1, -0.05) is 42.5 Å². The van der Waals surface area contributed by atoms with Crippen LogP contribution in [0.15, 0.2) is 77.6 Å². The maximum atomic E-state index is 13.3. The first kappa shape index (κ1) is 23.1. The number of carbonyl (C=O) groups excluding carboxylic acids is 1. The number of nitrogens with zero attached hydrogens (tertiary/aromatic N) is 4. The van der Waals surface area contributed by atoms with Gasteiger partial charge in [-0.25, -0.2) is 0 Å². The Kier molecular flexibility index (Phi) is 6.36. The first-order valence-corrected chi connectivity index (χ1v) is 11.5. The predicted molar refractivity (Wildman–Crippen MR) is 137 cm³/mol. The van der Waals surface area contributed by atoms with Crippen LogP contribution >= 0.6 is 0 Å². The molecule has 0 saturated heterocycles. The summed E-state index contributed by atoms with van der Waals surface area (Å²) >= 11 is 0. The predicted octanol–water partition coefficient (Wildman–Crippen LogP) is 3.68. The summed E-state index contributed by atoms with van der Waals surface area (Å²) in [5.74, 6) is 1.98. The van der Waals surface area contributed by atoms with Crippen LogP contribution in [-0.2, 0) is 17.8 Å². The summed E-state index contributed by atoms with van der Waals surface area (Å²) in [5, 5.41) is 12.1. The second kappa shape index (κ2) is 9.91. The Morgan fingerprint density at radius 3 is 2.44 bits per heavy atom. The number of methoxy groups -OCH3 is 2. The lowest BCUT2D eigenvalue weighted by molar-refractivity contribution is -0.116. The van der Waals surface area contributed by atoms with Crippen molar-refractivity contribution in [2.24, 2.45) is 0 Å². The molecule has 5 rings (SSSR count). The molecule has 0 fully saturated rings. The van der Waals surface area contributed by atoms with Gasteiger partial charge in [-0.05, 0) is 29.8 Å². The molecule has 1 amide bonds. The normalized spacial score (nSPS) is 11.1. The molecule has 0 aliphatic heterocycles. The van der Waals surface area contributed by atoms with Gasteiger partial charge in [0.15, 0.2) is 11.5 Å². The van der Waals surface area contributed by atoms with Crippen molar-refractivity contribution in [2.45, 2.75) is 19.4 Å². The number of benzene rings is 3. The van der Waals surface area contributed by atoms with Crippen molar-refractivity contribution in [3.05, 3.63) is 94.5 Å². The van der Waals surface area contributed by atoms with E-state index in [1.165, 1.54) is 0 Å². The Balaban J connectivity index is 1.44. The van der Waals surface area contributed by atoms with Crippen LogP contribution in [-0.4, -0.2) is 39.3 Å². The maximum absolute atomic E-state index is 13.3. The molecule has 36 heavy (non-hydrogen) atoms. The average molecular weight is 484 g/mol. The highest BCUT2D eigenvalue weighted by Crippen LogP contribution is 2.29. The summed E-state index contributed by atoms with van der Waals surface area (Å²) in [6.45, 7) is 0.367. The largest absolute Gasteiger partial charge is 0.493 e. The highest BCUT2D eigenvalue weighted by atomic mass is 16.5. The van der Waals surface area contributed by atoms with E-state index in [1.54, 1.807) is 43.1 Å². The molecule has 0 spiro atoms. The third-order valence-corrected chi connectivity index (χ3v) is 6.00. The summed E-state index contributed by atoms with van der Waals surface area (Å²) in [7, 11) is 3.10. The van der Waals surface area contributed by atoms with Crippen LogP contribution in [0.5, 0.6) is 11.5 Å². The van der Waals surface area contributed by atoms with Crippen LogP contribution in [0.25, 0.3) is 16.7 Å². The molecule has 3 aromatic carbocycles. The van der Waals surface area contributed by atoms with Gasteiger partial charge in [0.05, 0.1) is 31.7 Å². The van der Waals surface area contributed by atoms with Crippen molar-refractivity contribution in [1.29, 1.82) is 0 Å². The number of aromatic nitrogens is 4. The third kappa shape index (κ3) is 4.38. The van der Waals surface area contributed by atoms with Gasteiger partial charge in [0.25, 0.3) is 5.56 Å². The fourth-order valence-electron chi connectivity index (χ4n) is 4.25. The number of amides is 1. The molecule has 9 nitrogen and oxygen atoms in total. The number of fused-ring (bicyclic) bond motifs is 3. The van der Waals surface area contributed by atoms with E-state index in [2.05, 4.69) is 15.5 Å². The molecule has 9 heteroatoms. The highest BCUT2D eigenvalue weighted by molar-refractivity contribution is 5.91. The Bertz CT molecular complexity index is 1610. The number of hydrogen-bond acceptors (Lipinski definition) is 6. The zero-order valence-electron chi connectivity index (χ0n) is 20.0. The van der Waals surface area contributed by atoms with Crippen molar-refractivity contribution in [1.82, 2.24) is 19.2 Å². The van der Waals surface area contributed by atoms with Crippen molar-refractivity contribution in [3.8, 4) is 11.5 Å². The summed E-state index contributed by atoms with van der Waals surface area (Å²) in [6, 6.07) is 22.3. The van der Waals surface area contributed by atoms with Crippen LogP contribution in [0.2, 0.25) is 0 Å². The summed E-state index contributed by atoms with van der Waals surface area (Å²) in [4.78, 5) is 26.0.